The summed E-state index contributed by atoms with van der Waals surface area (Å²) in [6.45, 7) is 4.31. The highest BCUT2D eigenvalue weighted by Crippen LogP contribution is 2.23. The van der Waals surface area contributed by atoms with Crippen LogP contribution in [-0.4, -0.2) is 41.3 Å². The number of hydrogen-bond acceptors (Lipinski definition) is 4. The van der Waals surface area contributed by atoms with Crippen LogP contribution in [0.4, 0.5) is 0 Å². The van der Waals surface area contributed by atoms with Crippen molar-refractivity contribution >= 4 is 11.9 Å². The highest BCUT2D eigenvalue weighted by atomic mass is 16.5. The van der Waals surface area contributed by atoms with Crippen LogP contribution in [0.15, 0.2) is 0 Å². The van der Waals surface area contributed by atoms with E-state index in [4.69, 9.17) is 10.5 Å². The summed E-state index contributed by atoms with van der Waals surface area (Å²) in [4.78, 5) is 23.6. The summed E-state index contributed by atoms with van der Waals surface area (Å²) in [6, 6.07) is 0. The van der Waals surface area contributed by atoms with E-state index in [9.17, 15) is 14.7 Å². The van der Waals surface area contributed by atoms with Gasteiger partial charge in [0.25, 0.3) is 0 Å². The Kier molecular flexibility index (Phi) is 4.70. The molecular weight excluding hydrogens is 236 g/mol. The average Bonchev–Trinajstić information content (AvgIpc) is 2.38. The fraction of sp³-hybridized carbons (Fsp3) is 0.833. The quantitative estimate of drug-likeness (QED) is 0.656. The molecule has 1 rings (SSSR count). The second-order valence-corrected chi connectivity index (χ2v) is 4.82. The van der Waals surface area contributed by atoms with Crippen molar-refractivity contribution < 1.29 is 19.4 Å². The lowest BCUT2D eigenvalue weighted by molar-refractivity contribution is -0.153. The summed E-state index contributed by atoms with van der Waals surface area (Å²) in [5.41, 5.74) is 3.75. The monoisotopic (exact) mass is 258 g/mol. The fourth-order valence-corrected chi connectivity index (χ4v) is 2.03. The third-order valence-electron chi connectivity index (χ3n) is 3.82. The molecule has 6 nitrogen and oxygen atoms in total. The van der Waals surface area contributed by atoms with E-state index in [1.54, 1.807) is 0 Å². The molecule has 1 saturated heterocycles. The van der Waals surface area contributed by atoms with Gasteiger partial charge in [-0.3, -0.25) is 4.79 Å². The number of rotatable bonds is 5. The van der Waals surface area contributed by atoms with Gasteiger partial charge in [-0.25, -0.2) is 4.79 Å². The second kappa shape index (κ2) is 5.67. The van der Waals surface area contributed by atoms with Gasteiger partial charge in [-0.05, 0) is 12.8 Å². The minimum atomic E-state index is -1.23. The molecule has 1 amide bonds. The smallest absolute Gasteiger partial charge is 0.329 e. The summed E-state index contributed by atoms with van der Waals surface area (Å²) in [7, 11) is 0. The lowest BCUT2D eigenvalue weighted by Gasteiger charge is -2.37. The molecule has 1 aliphatic rings. The van der Waals surface area contributed by atoms with Crippen LogP contribution in [0.5, 0.6) is 0 Å². The molecule has 4 N–H and O–H groups in total. The van der Waals surface area contributed by atoms with Crippen LogP contribution in [-0.2, 0) is 14.3 Å². The Morgan fingerprint density at radius 1 is 1.33 bits per heavy atom. The first kappa shape index (κ1) is 14.9. The molecule has 18 heavy (non-hydrogen) atoms. The van der Waals surface area contributed by atoms with Crippen molar-refractivity contribution in [2.45, 2.75) is 50.6 Å². The van der Waals surface area contributed by atoms with Crippen LogP contribution in [0, 0.1) is 0 Å². The van der Waals surface area contributed by atoms with E-state index in [-0.39, 0.29) is 12.8 Å². The Hall–Kier alpha value is -1.14. The molecule has 0 unspecified atom stereocenters. The average molecular weight is 258 g/mol. The van der Waals surface area contributed by atoms with E-state index in [0.29, 0.717) is 26.1 Å². The van der Waals surface area contributed by atoms with Gasteiger partial charge in [-0.15, -0.1) is 0 Å². The van der Waals surface area contributed by atoms with E-state index in [1.807, 2.05) is 13.8 Å². The maximum absolute atomic E-state index is 12.2. The molecule has 0 spiro atoms. The molecule has 0 radical (unpaired) electrons. The molecular formula is C12H22N2O4. The molecule has 6 heteroatoms. The zero-order valence-corrected chi connectivity index (χ0v) is 11.0. The van der Waals surface area contributed by atoms with Gasteiger partial charge in [0.1, 0.15) is 5.54 Å². The van der Waals surface area contributed by atoms with Crippen LogP contribution < -0.4 is 11.1 Å². The number of carboxylic acid groups (broad SMARTS) is 1. The van der Waals surface area contributed by atoms with Crippen molar-refractivity contribution in [2.75, 3.05) is 13.2 Å². The predicted octanol–water partition coefficient (Wildman–Crippen LogP) is 0.254. The lowest BCUT2D eigenvalue weighted by atomic mass is 9.86. The van der Waals surface area contributed by atoms with Crippen molar-refractivity contribution in [3.05, 3.63) is 0 Å². The topological polar surface area (TPSA) is 102 Å². The van der Waals surface area contributed by atoms with Gasteiger partial charge in [-0.2, -0.15) is 0 Å². The highest BCUT2D eigenvalue weighted by molar-refractivity contribution is 5.92. The van der Waals surface area contributed by atoms with Crippen molar-refractivity contribution in [3.8, 4) is 0 Å². The number of hydrogen-bond donors (Lipinski definition) is 3. The summed E-state index contributed by atoms with van der Waals surface area (Å²) in [5.74, 6) is -1.41. The van der Waals surface area contributed by atoms with Crippen LogP contribution >= 0.6 is 0 Å². The molecule has 0 aliphatic carbocycles. The van der Waals surface area contributed by atoms with Gasteiger partial charge in [0.15, 0.2) is 0 Å². The number of carbonyl (C=O) groups is 2. The zero-order chi connectivity index (χ0) is 13.8. The number of aliphatic carboxylic acids is 1. The van der Waals surface area contributed by atoms with E-state index in [0.717, 1.165) is 0 Å². The van der Waals surface area contributed by atoms with E-state index >= 15 is 0 Å². The van der Waals surface area contributed by atoms with Crippen molar-refractivity contribution in [3.63, 3.8) is 0 Å². The standard InChI is InChI=1S/C12H22N2O4/c1-3-11(13,4-2)9(15)14-12(10(16)17)5-7-18-8-6-12/h3-8,13H2,1-2H3,(H,14,15)(H,16,17). The van der Waals surface area contributed by atoms with Crippen molar-refractivity contribution in [2.24, 2.45) is 5.73 Å². The van der Waals surface area contributed by atoms with Crippen LogP contribution in [0.1, 0.15) is 39.5 Å². The van der Waals surface area contributed by atoms with Crippen molar-refractivity contribution in [1.82, 2.24) is 5.32 Å². The largest absolute Gasteiger partial charge is 0.480 e. The van der Waals surface area contributed by atoms with Crippen molar-refractivity contribution in [1.29, 1.82) is 0 Å². The Bertz CT molecular complexity index is 320. The first-order chi connectivity index (χ1) is 8.40. The van der Waals surface area contributed by atoms with Gasteiger partial charge in [0.2, 0.25) is 5.91 Å². The molecule has 0 saturated carbocycles. The molecule has 1 heterocycles. The predicted molar refractivity (Wildman–Crippen MR) is 66.1 cm³/mol. The molecule has 0 atom stereocenters. The van der Waals surface area contributed by atoms with Gasteiger partial charge in [0.05, 0.1) is 5.54 Å². The number of carbonyl (C=O) groups excluding carboxylic acids is 1. The number of carboxylic acids is 1. The maximum atomic E-state index is 12.2. The first-order valence-electron chi connectivity index (χ1n) is 6.33. The highest BCUT2D eigenvalue weighted by Gasteiger charge is 2.44. The minimum Gasteiger partial charge on any atom is -0.480 e. The molecule has 0 aromatic carbocycles. The number of ether oxygens (including phenoxy) is 1. The molecule has 0 bridgehead atoms. The lowest BCUT2D eigenvalue weighted by Crippen LogP contribution is -2.64. The summed E-state index contributed by atoms with van der Waals surface area (Å²) < 4.78 is 5.15. The summed E-state index contributed by atoms with van der Waals surface area (Å²) in [5, 5.41) is 12.0. The fourth-order valence-electron chi connectivity index (χ4n) is 2.03. The molecule has 1 aliphatic heterocycles. The van der Waals surface area contributed by atoms with Crippen LogP contribution in [0.3, 0.4) is 0 Å². The normalized spacial score (nSPS) is 19.3. The van der Waals surface area contributed by atoms with E-state index < -0.39 is 23.0 Å². The Morgan fingerprint density at radius 2 is 1.83 bits per heavy atom. The third-order valence-corrected chi connectivity index (χ3v) is 3.82. The van der Waals surface area contributed by atoms with E-state index in [1.165, 1.54) is 0 Å². The number of nitrogens with two attached hydrogens (primary N) is 1. The number of amides is 1. The minimum absolute atomic E-state index is 0.275. The summed E-state index contributed by atoms with van der Waals surface area (Å²) >= 11 is 0. The molecule has 104 valence electrons. The van der Waals surface area contributed by atoms with Gasteiger partial charge < -0.3 is 20.9 Å². The zero-order valence-electron chi connectivity index (χ0n) is 11.0. The molecule has 0 aromatic heterocycles. The number of nitrogens with one attached hydrogen (secondary N) is 1. The second-order valence-electron chi connectivity index (χ2n) is 4.82. The Morgan fingerprint density at radius 3 is 2.22 bits per heavy atom. The van der Waals surface area contributed by atoms with Crippen LogP contribution in [0.2, 0.25) is 0 Å². The van der Waals surface area contributed by atoms with Gasteiger partial charge in [-0.1, -0.05) is 13.8 Å². The van der Waals surface area contributed by atoms with Gasteiger partial charge in [0, 0.05) is 26.1 Å². The van der Waals surface area contributed by atoms with Gasteiger partial charge >= 0.3 is 5.97 Å². The SMILES string of the molecule is CCC(N)(CC)C(=O)NC1(C(=O)O)CCOCC1. The maximum Gasteiger partial charge on any atom is 0.329 e. The van der Waals surface area contributed by atoms with Crippen LogP contribution in [0.25, 0.3) is 0 Å². The van der Waals surface area contributed by atoms with E-state index in [2.05, 4.69) is 5.32 Å². The third kappa shape index (κ3) is 2.81. The summed E-state index contributed by atoms with van der Waals surface area (Å²) in [6.07, 6.45) is 1.50. The Balaban J connectivity index is 2.84. The molecule has 1 fully saturated rings. The first-order valence-corrected chi connectivity index (χ1v) is 6.33. The Labute approximate surface area is 107 Å². The molecule has 0 aromatic rings.